The van der Waals surface area contributed by atoms with Gasteiger partial charge in [0.2, 0.25) is 0 Å². The van der Waals surface area contributed by atoms with Gasteiger partial charge in [-0.3, -0.25) is 4.68 Å². The lowest BCUT2D eigenvalue weighted by molar-refractivity contribution is 0.0697. The Kier molecular flexibility index (Phi) is 5.13. The van der Waals surface area contributed by atoms with Crippen molar-refractivity contribution in [1.82, 2.24) is 9.78 Å². The van der Waals surface area contributed by atoms with Crippen LogP contribution < -0.4 is 0 Å². The molecule has 0 aliphatic heterocycles. The van der Waals surface area contributed by atoms with Crippen LogP contribution in [0.1, 0.15) is 30.6 Å². The molecule has 1 aliphatic carbocycles. The van der Waals surface area contributed by atoms with E-state index < -0.39 is 5.97 Å². The first kappa shape index (κ1) is 17.5. The van der Waals surface area contributed by atoms with Crippen molar-refractivity contribution in [2.45, 2.75) is 26.8 Å². The van der Waals surface area contributed by atoms with E-state index in [1.54, 1.807) is 18.2 Å². The molecule has 5 nitrogen and oxygen atoms in total. The van der Waals surface area contributed by atoms with Crippen LogP contribution in [0.5, 0.6) is 0 Å². The van der Waals surface area contributed by atoms with E-state index in [4.69, 9.17) is 21.4 Å². The molecule has 1 atom stereocenters. The summed E-state index contributed by atoms with van der Waals surface area (Å²) in [5.74, 6) is 0.546. The molecule has 0 saturated heterocycles. The van der Waals surface area contributed by atoms with E-state index in [9.17, 15) is 4.79 Å². The summed E-state index contributed by atoms with van der Waals surface area (Å²) >= 11 is 6.21. The molecular formula is C19H21ClN2O3. The van der Waals surface area contributed by atoms with Gasteiger partial charge in [0.1, 0.15) is 5.76 Å². The van der Waals surface area contributed by atoms with Gasteiger partial charge in [-0.25, -0.2) is 4.79 Å². The van der Waals surface area contributed by atoms with Crippen molar-refractivity contribution in [3.63, 3.8) is 0 Å². The minimum absolute atomic E-state index is 0.115. The maximum atomic E-state index is 11.1. The first-order valence-electron chi connectivity index (χ1n) is 8.32. The molecule has 1 aromatic carbocycles. The number of rotatable bonds is 6. The van der Waals surface area contributed by atoms with Crippen LogP contribution in [0.4, 0.5) is 0 Å². The third-order valence-electron chi connectivity index (χ3n) is 4.06. The van der Waals surface area contributed by atoms with Gasteiger partial charge >= 0.3 is 5.97 Å². The van der Waals surface area contributed by atoms with Crippen LogP contribution in [0, 0.1) is 11.8 Å². The Morgan fingerprint density at radius 1 is 1.44 bits per heavy atom. The van der Waals surface area contributed by atoms with Crippen molar-refractivity contribution in [2.75, 3.05) is 6.61 Å². The summed E-state index contributed by atoms with van der Waals surface area (Å²) < 4.78 is 7.78. The number of carboxylic acid groups (broad SMARTS) is 1. The van der Waals surface area contributed by atoms with E-state index in [2.05, 4.69) is 18.9 Å². The summed E-state index contributed by atoms with van der Waals surface area (Å²) in [6.07, 6.45) is 6.40. The molecule has 0 fully saturated rings. The number of fused-ring (bicyclic) bond motifs is 1. The van der Waals surface area contributed by atoms with E-state index in [1.807, 2.05) is 23.0 Å². The number of halogens is 1. The molecular weight excluding hydrogens is 340 g/mol. The van der Waals surface area contributed by atoms with Crippen molar-refractivity contribution in [1.29, 1.82) is 0 Å². The van der Waals surface area contributed by atoms with Crippen molar-refractivity contribution < 1.29 is 14.6 Å². The zero-order valence-electron chi connectivity index (χ0n) is 14.3. The molecule has 2 aromatic rings. The van der Waals surface area contributed by atoms with Crippen LogP contribution in [0.15, 0.2) is 47.3 Å². The maximum absolute atomic E-state index is 11.1. The molecule has 1 aromatic heterocycles. The van der Waals surface area contributed by atoms with Crippen LogP contribution in [-0.2, 0) is 11.3 Å². The summed E-state index contributed by atoms with van der Waals surface area (Å²) in [6.45, 7) is 5.52. The molecule has 1 aliphatic rings. The van der Waals surface area contributed by atoms with Crippen LogP contribution >= 0.6 is 11.6 Å². The number of allylic oxidation sites excluding steroid dienone is 4. The van der Waals surface area contributed by atoms with Gasteiger partial charge in [0.15, 0.2) is 0 Å². The summed E-state index contributed by atoms with van der Waals surface area (Å²) in [5.41, 5.74) is 1.03. The van der Waals surface area contributed by atoms with Gasteiger partial charge in [0, 0.05) is 22.5 Å². The number of aromatic nitrogens is 2. The quantitative estimate of drug-likeness (QED) is 0.827. The van der Waals surface area contributed by atoms with Gasteiger partial charge in [0.05, 0.1) is 24.2 Å². The average Bonchev–Trinajstić information content (AvgIpc) is 2.95. The van der Waals surface area contributed by atoms with E-state index >= 15 is 0 Å². The fourth-order valence-electron chi connectivity index (χ4n) is 2.83. The molecule has 0 radical (unpaired) electrons. The molecule has 25 heavy (non-hydrogen) atoms. The number of aromatic carboxylic acids is 1. The number of nitrogens with zero attached hydrogens (tertiary/aromatic N) is 2. The lowest BCUT2D eigenvalue weighted by Crippen LogP contribution is -2.19. The summed E-state index contributed by atoms with van der Waals surface area (Å²) in [6, 6.07) is 4.94. The molecule has 0 bridgehead atoms. The predicted molar refractivity (Wildman–Crippen MR) is 97.6 cm³/mol. The van der Waals surface area contributed by atoms with Crippen LogP contribution in [0.2, 0.25) is 0 Å². The van der Waals surface area contributed by atoms with Crippen molar-refractivity contribution in [3.05, 3.63) is 52.9 Å². The first-order valence-corrected chi connectivity index (χ1v) is 8.69. The van der Waals surface area contributed by atoms with Crippen LogP contribution in [0.25, 0.3) is 10.9 Å². The molecule has 1 heterocycles. The zero-order chi connectivity index (χ0) is 18.0. The van der Waals surface area contributed by atoms with Gasteiger partial charge in [-0.1, -0.05) is 25.4 Å². The topological polar surface area (TPSA) is 64.3 Å². The van der Waals surface area contributed by atoms with Gasteiger partial charge < -0.3 is 9.84 Å². The first-order chi connectivity index (χ1) is 11.9. The van der Waals surface area contributed by atoms with E-state index in [-0.39, 0.29) is 11.5 Å². The Morgan fingerprint density at radius 3 is 2.96 bits per heavy atom. The number of hydrogen-bond donors (Lipinski definition) is 1. The molecule has 6 heteroatoms. The zero-order valence-corrected chi connectivity index (χ0v) is 15.0. The lowest BCUT2D eigenvalue weighted by atomic mass is 9.98. The molecule has 0 saturated carbocycles. The standard InChI is InChI=1S/C19H21ClN2O3/c1-12(2)11-25-18-6-4-16(20)8-15(18)10-22-9-14-7-13(19(23)24)3-5-17(14)21-22/h3-7,9,12,15H,8,10-11H2,1-2H3,(H,23,24). The second-order valence-corrected chi connectivity index (χ2v) is 7.20. The Hall–Kier alpha value is -2.27. The highest BCUT2D eigenvalue weighted by Crippen LogP contribution is 2.30. The predicted octanol–water partition coefficient (Wildman–Crippen LogP) is 4.43. The molecule has 1 N–H and O–H groups in total. The number of ether oxygens (including phenoxy) is 1. The Labute approximate surface area is 151 Å². The van der Waals surface area contributed by atoms with E-state index in [0.29, 0.717) is 25.5 Å². The summed E-state index contributed by atoms with van der Waals surface area (Å²) in [5, 5.41) is 15.3. The molecule has 132 valence electrons. The Balaban J connectivity index is 1.80. The second-order valence-electron chi connectivity index (χ2n) is 6.72. The Bertz CT molecular complexity index is 851. The van der Waals surface area contributed by atoms with Crippen LogP contribution in [-0.4, -0.2) is 27.5 Å². The number of carbonyl (C=O) groups is 1. The van der Waals surface area contributed by atoms with Crippen molar-refractivity contribution in [3.8, 4) is 0 Å². The Morgan fingerprint density at radius 2 is 2.24 bits per heavy atom. The monoisotopic (exact) mass is 360 g/mol. The van der Waals surface area contributed by atoms with Crippen molar-refractivity contribution >= 4 is 28.5 Å². The third-order valence-corrected chi connectivity index (χ3v) is 4.34. The SMILES string of the molecule is CC(C)COC1=CC=C(Cl)CC1Cn1cc2cc(C(=O)O)ccc2n1. The lowest BCUT2D eigenvalue weighted by Gasteiger charge is -2.24. The highest BCUT2D eigenvalue weighted by Gasteiger charge is 2.22. The fourth-order valence-corrected chi connectivity index (χ4v) is 3.07. The van der Waals surface area contributed by atoms with Crippen molar-refractivity contribution in [2.24, 2.45) is 11.8 Å². The fraction of sp³-hybridized carbons (Fsp3) is 0.368. The smallest absolute Gasteiger partial charge is 0.335 e. The van der Waals surface area contributed by atoms with Gasteiger partial charge in [-0.2, -0.15) is 5.10 Å². The van der Waals surface area contributed by atoms with E-state index in [1.165, 1.54) is 0 Å². The number of carboxylic acids is 1. The summed E-state index contributed by atoms with van der Waals surface area (Å²) in [4.78, 5) is 11.1. The van der Waals surface area contributed by atoms with Crippen LogP contribution in [0.3, 0.4) is 0 Å². The molecule has 3 rings (SSSR count). The molecule has 0 amide bonds. The van der Waals surface area contributed by atoms with E-state index in [0.717, 1.165) is 21.7 Å². The minimum Gasteiger partial charge on any atom is -0.497 e. The third kappa shape index (κ3) is 4.23. The normalized spacial score (nSPS) is 17.5. The number of hydrogen-bond acceptors (Lipinski definition) is 3. The average molecular weight is 361 g/mol. The summed E-state index contributed by atoms with van der Waals surface area (Å²) in [7, 11) is 0. The van der Waals surface area contributed by atoms with Gasteiger partial charge in [0.25, 0.3) is 0 Å². The maximum Gasteiger partial charge on any atom is 0.335 e. The minimum atomic E-state index is -0.939. The molecule has 1 unspecified atom stereocenters. The van der Waals surface area contributed by atoms with Gasteiger partial charge in [-0.15, -0.1) is 0 Å². The second kappa shape index (κ2) is 7.31. The highest BCUT2D eigenvalue weighted by atomic mass is 35.5. The highest BCUT2D eigenvalue weighted by molar-refractivity contribution is 6.29. The molecule has 0 spiro atoms. The number of benzene rings is 1. The largest absolute Gasteiger partial charge is 0.497 e. The van der Waals surface area contributed by atoms with Gasteiger partial charge in [-0.05, 0) is 42.7 Å².